The van der Waals surface area contributed by atoms with Gasteiger partial charge in [0, 0.05) is 6.04 Å². The van der Waals surface area contributed by atoms with Gasteiger partial charge in [0.15, 0.2) is 0 Å². The lowest BCUT2D eigenvalue weighted by Gasteiger charge is -2.29. The van der Waals surface area contributed by atoms with E-state index in [0.29, 0.717) is 18.8 Å². The molecule has 3 nitrogen and oxygen atoms in total. The highest BCUT2D eigenvalue weighted by Gasteiger charge is 2.31. The van der Waals surface area contributed by atoms with Crippen molar-refractivity contribution < 1.29 is 4.79 Å². The van der Waals surface area contributed by atoms with E-state index < -0.39 is 5.54 Å². The van der Waals surface area contributed by atoms with Gasteiger partial charge in [-0.15, -0.1) is 0 Å². The predicted molar refractivity (Wildman–Crippen MR) is 64.6 cm³/mol. The summed E-state index contributed by atoms with van der Waals surface area (Å²) in [5.74, 6) is 0.479. The quantitative estimate of drug-likeness (QED) is 0.711. The highest BCUT2D eigenvalue weighted by Crippen LogP contribution is 2.13. The first-order valence-electron chi connectivity index (χ1n) is 6.01. The molecule has 0 aromatic rings. The second-order valence-corrected chi connectivity index (χ2v) is 4.51. The van der Waals surface area contributed by atoms with Gasteiger partial charge in [-0.3, -0.25) is 4.79 Å². The number of nitrogens with one attached hydrogen (secondary N) is 1. The molecule has 2 atom stereocenters. The lowest BCUT2D eigenvalue weighted by atomic mass is 9.91. The standard InChI is InChI=1S/C12H26N2O/c1-6-9(4)10(5)14-11(15)12(13,7-2)8-3/h9-10H,6-8,13H2,1-5H3,(H,14,15). The first-order valence-corrected chi connectivity index (χ1v) is 6.01. The normalized spacial score (nSPS) is 15.9. The Bertz CT molecular complexity index is 200. The lowest BCUT2D eigenvalue weighted by Crippen LogP contribution is -2.55. The molecule has 2 unspecified atom stereocenters. The molecule has 1 amide bonds. The molecule has 15 heavy (non-hydrogen) atoms. The van der Waals surface area contributed by atoms with Crippen molar-refractivity contribution in [3.63, 3.8) is 0 Å². The summed E-state index contributed by atoms with van der Waals surface area (Å²) in [6.45, 7) is 10.2. The summed E-state index contributed by atoms with van der Waals surface area (Å²) >= 11 is 0. The van der Waals surface area contributed by atoms with Gasteiger partial charge in [-0.05, 0) is 25.7 Å². The van der Waals surface area contributed by atoms with Gasteiger partial charge in [0.05, 0.1) is 5.54 Å². The number of hydrogen-bond donors (Lipinski definition) is 2. The fourth-order valence-electron chi connectivity index (χ4n) is 1.42. The van der Waals surface area contributed by atoms with Gasteiger partial charge in [-0.2, -0.15) is 0 Å². The fourth-order valence-corrected chi connectivity index (χ4v) is 1.42. The highest BCUT2D eigenvalue weighted by molar-refractivity contribution is 5.86. The Kier molecular flexibility index (Phi) is 5.88. The van der Waals surface area contributed by atoms with E-state index in [4.69, 9.17) is 5.73 Å². The van der Waals surface area contributed by atoms with Crippen LogP contribution in [0.25, 0.3) is 0 Å². The largest absolute Gasteiger partial charge is 0.352 e. The Hall–Kier alpha value is -0.570. The van der Waals surface area contributed by atoms with Gasteiger partial charge >= 0.3 is 0 Å². The molecule has 0 aliphatic heterocycles. The van der Waals surface area contributed by atoms with Crippen LogP contribution in [0.2, 0.25) is 0 Å². The molecule has 3 heteroatoms. The maximum Gasteiger partial charge on any atom is 0.240 e. The molecule has 0 spiro atoms. The van der Waals surface area contributed by atoms with Crippen molar-refractivity contribution in [2.75, 3.05) is 0 Å². The molecule has 0 radical (unpaired) electrons. The van der Waals surface area contributed by atoms with Crippen LogP contribution in [0, 0.1) is 5.92 Å². The van der Waals surface area contributed by atoms with E-state index in [1.807, 2.05) is 20.8 Å². The molecule has 0 aliphatic rings. The molecule has 90 valence electrons. The summed E-state index contributed by atoms with van der Waals surface area (Å²) in [5, 5.41) is 3.01. The van der Waals surface area contributed by atoms with E-state index in [9.17, 15) is 4.79 Å². The molecule has 0 aromatic heterocycles. The van der Waals surface area contributed by atoms with Crippen LogP contribution in [-0.4, -0.2) is 17.5 Å². The van der Waals surface area contributed by atoms with Crippen LogP contribution in [0.4, 0.5) is 0 Å². The third kappa shape index (κ3) is 3.82. The molecule has 0 rings (SSSR count). The minimum atomic E-state index is -0.693. The van der Waals surface area contributed by atoms with Crippen molar-refractivity contribution in [3.05, 3.63) is 0 Å². The zero-order valence-electron chi connectivity index (χ0n) is 10.8. The average Bonchev–Trinajstić information content (AvgIpc) is 2.26. The second kappa shape index (κ2) is 6.11. The lowest BCUT2D eigenvalue weighted by molar-refractivity contribution is -0.127. The van der Waals surface area contributed by atoms with Crippen LogP contribution in [-0.2, 0) is 4.79 Å². The number of carbonyl (C=O) groups excluding carboxylic acids is 1. The molecule has 0 heterocycles. The van der Waals surface area contributed by atoms with Gasteiger partial charge in [0.1, 0.15) is 0 Å². The first-order chi connectivity index (χ1) is 6.91. The maximum absolute atomic E-state index is 11.9. The summed E-state index contributed by atoms with van der Waals surface area (Å²) in [7, 11) is 0. The number of amides is 1. The Balaban J connectivity index is 4.35. The summed E-state index contributed by atoms with van der Waals surface area (Å²) in [4.78, 5) is 11.9. The minimum Gasteiger partial charge on any atom is -0.352 e. The number of rotatable bonds is 6. The van der Waals surface area contributed by atoms with Crippen LogP contribution in [0.1, 0.15) is 53.9 Å². The van der Waals surface area contributed by atoms with Crippen molar-refractivity contribution in [1.29, 1.82) is 0 Å². The Morgan fingerprint density at radius 1 is 1.27 bits per heavy atom. The maximum atomic E-state index is 11.9. The SMILES string of the molecule is CCC(C)C(C)NC(=O)C(N)(CC)CC. The topological polar surface area (TPSA) is 55.1 Å². The third-order valence-electron chi connectivity index (χ3n) is 3.57. The molecule has 0 fully saturated rings. The Morgan fingerprint density at radius 2 is 1.73 bits per heavy atom. The van der Waals surface area contributed by atoms with Gasteiger partial charge in [-0.25, -0.2) is 0 Å². The van der Waals surface area contributed by atoms with Gasteiger partial charge in [0.2, 0.25) is 5.91 Å². The second-order valence-electron chi connectivity index (χ2n) is 4.51. The van der Waals surface area contributed by atoms with E-state index in [0.717, 1.165) is 6.42 Å². The number of hydrogen-bond acceptors (Lipinski definition) is 2. The van der Waals surface area contributed by atoms with E-state index >= 15 is 0 Å². The zero-order valence-corrected chi connectivity index (χ0v) is 10.8. The first kappa shape index (κ1) is 14.4. The zero-order chi connectivity index (χ0) is 12.1. The highest BCUT2D eigenvalue weighted by atomic mass is 16.2. The van der Waals surface area contributed by atoms with Gasteiger partial charge < -0.3 is 11.1 Å². The Labute approximate surface area is 93.8 Å². The van der Waals surface area contributed by atoms with Gasteiger partial charge in [0.25, 0.3) is 0 Å². The Morgan fingerprint density at radius 3 is 2.07 bits per heavy atom. The van der Waals surface area contributed by atoms with Crippen LogP contribution < -0.4 is 11.1 Å². The third-order valence-corrected chi connectivity index (χ3v) is 3.57. The number of carbonyl (C=O) groups is 1. The molecule has 0 aromatic carbocycles. The summed E-state index contributed by atoms with van der Waals surface area (Å²) in [6.07, 6.45) is 2.43. The van der Waals surface area contributed by atoms with Crippen LogP contribution in [0.3, 0.4) is 0 Å². The molecular formula is C12H26N2O. The van der Waals surface area contributed by atoms with Crippen molar-refractivity contribution >= 4 is 5.91 Å². The van der Waals surface area contributed by atoms with Crippen LogP contribution in [0.5, 0.6) is 0 Å². The monoisotopic (exact) mass is 214 g/mol. The van der Waals surface area contributed by atoms with E-state index in [-0.39, 0.29) is 11.9 Å². The molecule has 0 bridgehead atoms. The minimum absolute atomic E-state index is 0.0136. The van der Waals surface area contributed by atoms with Crippen molar-refractivity contribution in [2.45, 2.75) is 65.5 Å². The van der Waals surface area contributed by atoms with Crippen LogP contribution >= 0.6 is 0 Å². The van der Waals surface area contributed by atoms with E-state index in [2.05, 4.69) is 19.2 Å². The summed E-state index contributed by atoms with van der Waals surface area (Å²) < 4.78 is 0. The van der Waals surface area contributed by atoms with Gasteiger partial charge in [-0.1, -0.05) is 34.1 Å². The van der Waals surface area contributed by atoms with Crippen molar-refractivity contribution in [3.8, 4) is 0 Å². The van der Waals surface area contributed by atoms with E-state index in [1.165, 1.54) is 0 Å². The molecule has 0 saturated carbocycles. The summed E-state index contributed by atoms with van der Waals surface area (Å²) in [6, 6.07) is 0.198. The summed E-state index contributed by atoms with van der Waals surface area (Å²) in [5.41, 5.74) is 5.33. The average molecular weight is 214 g/mol. The molecular weight excluding hydrogens is 188 g/mol. The van der Waals surface area contributed by atoms with Crippen molar-refractivity contribution in [2.24, 2.45) is 11.7 Å². The van der Waals surface area contributed by atoms with E-state index in [1.54, 1.807) is 0 Å². The fraction of sp³-hybridized carbons (Fsp3) is 0.917. The van der Waals surface area contributed by atoms with Crippen molar-refractivity contribution in [1.82, 2.24) is 5.32 Å². The predicted octanol–water partition coefficient (Wildman–Crippen LogP) is 2.05. The molecule has 3 N–H and O–H groups in total. The number of nitrogens with two attached hydrogens (primary N) is 1. The van der Waals surface area contributed by atoms with Crippen LogP contribution in [0.15, 0.2) is 0 Å². The smallest absolute Gasteiger partial charge is 0.240 e. The molecule has 0 aliphatic carbocycles. The molecule has 0 saturated heterocycles.